The molecule has 0 atom stereocenters. The molecule has 0 spiro atoms. The number of carbonyl (C=O) groups is 1. The van der Waals surface area contributed by atoms with Crippen molar-refractivity contribution in [2.75, 3.05) is 18.0 Å². The summed E-state index contributed by atoms with van der Waals surface area (Å²) in [7, 11) is 0. The Bertz CT molecular complexity index is 1360. The Morgan fingerprint density at radius 3 is 2.72 bits per heavy atom. The predicted octanol–water partition coefficient (Wildman–Crippen LogP) is 3.64. The van der Waals surface area contributed by atoms with Crippen molar-refractivity contribution in [3.8, 4) is 0 Å². The lowest BCUT2D eigenvalue weighted by molar-refractivity contribution is -0.121. The van der Waals surface area contributed by atoms with E-state index in [-0.39, 0.29) is 11.5 Å². The van der Waals surface area contributed by atoms with E-state index in [0.29, 0.717) is 39.3 Å². The summed E-state index contributed by atoms with van der Waals surface area (Å²) in [5.74, 6) is 0.372. The van der Waals surface area contributed by atoms with Gasteiger partial charge in [-0.15, -0.1) is 6.58 Å². The normalized spacial score (nSPS) is 17.3. The Hall–Kier alpha value is -3.23. The second-order valence-corrected chi connectivity index (χ2v) is 9.28. The van der Waals surface area contributed by atoms with Gasteiger partial charge in [-0.25, -0.2) is 4.98 Å². The van der Waals surface area contributed by atoms with Crippen molar-refractivity contribution in [1.29, 1.82) is 0 Å². The van der Waals surface area contributed by atoms with Crippen LogP contribution in [0.4, 0.5) is 5.82 Å². The fraction of sp³-hybridized carbons (Fsp3) is 0.167. The maximum Gasteiger partial charge on any atom is 0.267 e. The lowest BCUT2D eigenvalue weighted by atomic mass is 9.99. The summed E-state index contributed by atoms with van der Waals surface area (Å²) >= 11 is 6.56. The van der Waals surface area contributed by atoms with Crippen LogP contribution in [0.5, 0.6) is 0 Å². The number of pyridine rings is 1. The van der Waals surface area contributed by atoms with Gasteiger partial charge in [-0.05, 0) is 35.8 Å². The van der Waals surface area contributed by atoms with Crippen molar-refractivity contribution in [1.82, 2.24) is 14.3 Å². The lowest BCUT2D eigenvalue weighted by Gasteiger charge is -2.30. The Morgan fingerprint density at radius 1 is 1.12 bits per heavy atom. The van der Waals surface area contributed by atoms with E-state index in [9.17, 15) is 9.59 Å². The van der Waals surface area contributed by atoms with Gasteiger partial charge >= 0.3 is 0 Å². The monoisotopic (exact) mass is 460 g/mol. The minimum absolute atomic E-state index is 0.210. The molecule has 0 saturated carbocycles. The molecule has 1 aromatic carbocycles. The molecule has 3 aromatic rings. The molecule has 0 radical (unpaired) electrons. The van der Waals surface area contributed by atoms with Crippen LogP contribution in [0.25, 0.3) is 11.7 Å². The Kier molecular flexibility index (Phi) is 5.40. The first-order valence-corrected chi connectivity index (χ1v) is 11.5. The number of nitrogens with zero attached hydrogens (tertiary/aromatic N) is 4. The minimum atomic E-state index is -0.215. The van der Waals surface area contributed by atoms with Crippen LogP contribution in [0, 0.1) is 0 Å². The molecule has 6 nitrogen and oxygen atoms in total. The van der Waals surface area contributed by atoms with E-state index >= 15 is 0 Å². The average molecular weight is 461 g/mol. The third-order valence-electron chi connectivity index (χ3n) is 5.64. The number of thioether (sulfide) groups is 1. The van der Waals surface area contributed by atoms with Gasteiger partial charge in [0.2, 0.25) is 0 Å². The van der Waals surface area contributed by atoms with Crippen LogP contribution in [0.2, 0.25) is 0 Å². The van der Waals surface area contributed by atoms with E-state index in [1.165, 1.54) is 32.2 Å². The van der Waals surface area contributed by atoms with Crippen LogP contribution in [0.15, 0.2) is 71.0 Å². The first-order valence-electron chi connectivity index (χ1n) is 10.3. The van der Waals surface area contributed by atoms with Crippen molar-refractivity contribution in [2.24, 2.45) is 0 Å². The number of hydrogen-bond acceptors (Lipinski definition) is 6. The SMILES string of the molecule is C=CCN1C(=O)/C(=C\c2c(N3CCc4ccccc4C3)nc3ccccn3c2=O)SC1=S. The van der Waals surface area contributed by atoms with Gasteiger partial charge in [-0.2, -0.15) is 0 Å². The topological polar surface area (TPSA) is 57.9 Å². The van der Waals surface area contributed by atoms with E-state index < -0.39 is 0 Å². The van der Waals surface area contributed by atoms with Crippen LogP contribution in [-0.4, -0.2) is 37.6 Å². The molecular weight excluding hydrogens is 440 g/mol. The summed E-state index contributed by atoms with van der Waals surface area (Å²) in [5, 5.41) is 0. The van der Waals surface area contributed by atoms with E-state index in [0.717, 1.165) is 13.0 Å². The van der Waals surface area contributed by atoms with Crippen molar-refractivity contribution in [3.63, 3.8) is 0 Å². The van der Waals surface area contributed by atoms with Gasteiger partial charge in [0.05, 0.1) is 10.5 Å². The smallest absolute Gasteiger partial charge is 0.267 e. The summed E-state index contributed by atoms with van der Waals surface area (Å²) in [6.45, 7) is 5.43. The molecule has 0 aliphatic carbocycles. The number of benzene rings is 1. The van der Waals surface area contributed by atoms with Crippen molar-refractivity contribution < 1.29 is 4.79 Å². The van der Waals surface area contributed by atoms with Gasteiger partial charge < -0.3 is 4.90 Å². The first kappa shape index (κ1) is 20.7. The molecule has 1 amide bonds. The van der Waals surface area contributed by atoms with Crippen molar-refractivity contribution in [3.05, 3.63) is 93.3 Å². The Morgan fingerprint density at radius 2 is 1.91 bits per heavy atom. The Labute approximate surface area is 194 Å². The fourth-order valence-corrected chi connectivity index (χ4v) is 5.31. The summed E-state index contributed by atoms with van der Waals surface area (Å²) in [6.07, 6.45) is 5.84. The van der Waals surface area contributed by atoms with Crippen LogP contribution in [0.1, 0.15) is 16.7 Å². The van der Waals surface area contributed by atoms with Crippen molar-refractivity contribution in [2.45, 2.75) is 13.0 Å². The minimum Gasteiger partial charge on any atom is -0.351 e. The van der Waals surface area contributed by atoms with E-state index in [1.54, 1.807) is 24.4 Å². The van der Waals surface area contributed by atoms with Crippen LogP contribution >= 0.6 is 24.0 Å². The van der Waals surface area contributed by atoms with E-state index in [1.807, 2.05) is 24.3 Å². The molecule has 1 fully saturated rings. The predicted molar refractivity (Wildman–Crippen MR) is 133 cm³/mol. The molecule has 1 saturated heterocycles. The molecule has 0 unspecified atom stereocenters. The second kappa shape index (κ2) is 8.37. The molecule has 0 bridgehead atoms. The molecule has 0 N–H and O–H groups in total. The molecule has 8 heteroatoms. The lowest BCUT2D eigenvalue weighted by Crippen LogP contribution is -2.34. The highest BCUT2D eigenvalue weighted by Crippen LogP contribution is 2.34. The number of rotatable bonds is 4. The number of amides is 1. The van der Waals surface area contributed by atoms with E-state index in [2.05, 4.69) is 23.6 Å². The van der Waals surface area contributed by atoms with Gasteiger partial charge in [-0.1, -0.05) is 60.4 Å². The third kappa shape index (κ3) is 3.55. The van der Waals surface area contributed by atoms with Gasteiger partial charge in [0, 0.05) is 25.8 Å². The van der Waals surface area contributed by atoms with Crippen LogP contribution in [0.3, 0.4) is 0 Å². The molecule has 2 aromatic heterocycles. The molecule has 5 rings (SSSR count). The van der Waals surface area contributed by atoms with E-state index in [4.69, 9.17) is 17.2 Å². The first-order chi connectivity index (χ1) is 15.6. The number of hydrogen-bond donors (Lipinski definition) is 0. The number of fused-ring (bicyclic) bond motifs is 2. The summed E-state index contributed by atoms with van der Waals surface area (Å²) in [5.41, 5.74) is 3.29. The molecule has 2 aliphatic heterocycles. The van der Waals surface area contributed by atoms with Gasteiger partial charge in [0.15, 0.2) is 0 Å². The highest BCUT2D eigenvalue weighted by molar-refractivity contribution is 8.26. The maximum absolute atomic E-state index is 13.5. The number of thiocarbonyl (C=S) groups is 1. The molecule has 32 heavy (non-hydrogen) atoms. The van der Waals surface area contributed by atoms with Crippen LogP contribution in [-0.2, 0) is 17.8 Å². The second-order valence-electron chi connectivity index (χ2n) is 7.60. The van der Waals surface area contributed by atoms with Crippen molar-refractivity contribution >= 4 is 51.7 Å². The molecule has 160 valence electrons. The fourth-order valence-electron chi connectivity index (χ4n) is 4.05. The van der Waals surface area contributed by atoms with Gasteiger partial charge in [0.1, 0.15) is 15.8 Å². The zero-order valence-corrected chi connectivity index (χ0v) is 18.9. The number of aromatic nitrogens is 2. The Balaban J connectivity index is 1.65. The standard InChI is InChI=1S/C24H20N4O2S2/c1-2-11-28-23(30)19(32-24(28)31)14-18-21(25-20-9-5-6-12-27(20)22(18)29)26-13-10-16-7-3-4-8-17(16)15-26/h2-9,12,14H,1,10-11,13,15H2/b19-14+. The summed E-state index contributed by atoms with van der Waals surface area (Å²) < 4.78 is 1.97. The number of anilines is 1. The maximum atomic E-state index is 13.5. The average Bonchev–Trinajstić information content (AvgIpc) is 3.08. The quantitative estimate of drug-likeness (QED) is 0.337. The summed E-state index contributed by atoms with van der Waals surface area (Å²) in [4.78, 5) is 35.2. The zero-order chi connectivity index (χ0) is 22.2. The highest BCUT2D eigenvalue weighted by Gasteiger charge is 2.32. The van der Waals surface area contributed by atoms with Gasteiger partial charge in [-0.3, -0.25) is 18.9 Å². The van der Waals surface area contributed by atoms with Gasteiger partial charge in [0.25, 0.3) is 11.5 Å². The third-order valence-corrected chi connectivity index (χ3v) is 7.02. The molecule has 2 aliphatic rings. The highest BCUT2D eigenvalue weighted by atomic mass is 32.2. The summed E-state index contributed by atoms with van der Waals surface area (Å²) in [6, 6.07) is 13.8. The largest absolute Gasteiger partial charge is 0.351 e. The molecule has 4 heterocycles. The van der Waals surface area contributed by atoms with Crippen LogP contribution < -0.4 is 10.5 Å². The zero-order valence-electron chi connectivity index (χ0n) is 17.2. The number of carbonyl (C=O) groups excluding carboxylic acids is 1. The molecular formula is C24H20N4O2S2.